The van der Waals surface area contributed by atoms with Crippen LogP contribution in [0.1, 0.15) is 37.5 Å². The van der Waals surface area contributed by atoms with E-state index in [1.165, 1.54) is 23.8 Å². The van der Waals surface area contributed by atoms with Crippen LogP contribution in [0.15, 0.2) is 40.8 Å². The molecule has 0 saturated heterocycles. The SMILES string of the molecule is CCc1oc2ccccc2c1CNC1CC=CCC1. The molecule has 1 atom stereocenters. The van der Waals surface area contributed by atoms with Gasteiger partial charge >= 0.3 is 0 Å². The van der Waals surface area contributed by atoms with E-state index in [1.807, 2.05) is 6.07 Å². The molecule has 0 spiro atoms. The molecule has 1 aliphatic carbocycles. The zero-order valence-corrected chi connectivity index (χ0v) is 11.5. The number of furan rings is 1. The number of rotatable bonds is 4. The molecule has 1 aromatic carbocycles. The summed E-state index contributed by atoms with van der Waals surface area (Å²) in [7, 11) is 0. The number of benzene rings is 1. The molecule has 19 heavy (non-hydrogen) atoms. The number of nitrogens with one attached hydrogen (secondary N) is 1. The van der Waals surface area contributed by atoms with E-state index in [1.54, 1.807) is 0 Å². The van der Waals surface area contributed by atoms with Crippen molar-refractivity contribution >= 4 is 11.0 Å². The molecule has 1 N–H and O–H groups in total. The summed E-state index contributed by atoms with van der Waals surface area (Å²) < 4.78 is 5.93. The molecule has 0 aliphatic heterocycles. The Balaban J connectivity index is 1.80. The largest absolute Gasteiger partial charge is 0.461 e. The Morgan fingerprint density at radius 2 is 2.16 bits per heavy atom. The Kier molecular flexibility index (Phi) is 3.69. The number of aryl methyl sites for hydroxylation is 1. The summed E-state index contributed by atoms with van der Waals surface area (Å²) in [5.74, 6) is 1.13. The molecule has 0 bridgehead atoms. The highest BCUT2D eigenvalue weighted by atomic mass is 16.3. The molecule has 100 valence electrons. The molecular formula is C17H21NO. The van der Waals surface area contributed by atoms with Crippen molar-refractivity contribution < 1.29 is 4.42 Å². The summed E-state index contributed by atoms with van der Waals surface area (Å²) >= 11 is 0. The molecule has 0 fully saturated rings. The van der Waals surface area contributed by atoms with E-state index >= 15 is 0 Å². The maximum Gasteiger partial charge on any atom is 0.134 e. The zero-order valence-electron chi connectivity index (χ0n) is 11.5. The summed E-state index contributed by atoms with van der Waals surface area (Å²) in [5.41, 5.74) is 2.35. The molecule has 2 heteroatoms. The van der Waals surface area contributed by atoms with Crippen LogP contribution in [0.4, 0.5) is 0 Å². The van der Waals surface area contributed by atoms with E-state index in [0.717, 1.165) is 30.7 Å². The Morgan fingerprint density at radius 1 is 1.26 bits per heavy atom. The van der Waals surface area contributed by atoms with Gasteiger partial charge < -0.3 is 9.73 Å². The van der Waals surface area contributed by atoms with Crippen LogP contribution >= 0.6 is 0 Å². The normalized spacial score (nSPS) is 19.1. The summed E-state index contributed by atoms with van der Waals surface area (Å²) in [6, 6.07) is 8.96. The first kappa shape index (κ1) is 12.5. The third-order valence-corrected chi connectivity index (χ3v) is 3.94. The van der Waals surface area contributed by atoms with E-state index < -0.39 is 0 Å². The van der Waals surface area contributed by atoms with Crippen LogP contribution in [0.5, 0.6) is 0 Å². The van der Waals surface area contributed by atoms with Crippen molar-refractivity contribution in [2.45, 2.75) is 45.2 Å². The van der Waals surface area contributed by atoms with Gasteiger partial charge in [0.2, 0.25) is 0 Å². The molecule has 1 heterocycles. The maximum atomic E-state index is 5.93. The van der Waals surface area contributed by atoms with Crippen molar-refractivity contribution in [1.29, 1.82) is 0 Å². The van der Waals surface area contributed by atoms with Gasteiger partial charge in [-0.05, 0) is 25.3 Å². The highest BCUT2D eigenvalue weighted by Crippen LogP contribution is 2.26. The van der Waals surface area contributed by atoms with Gasteiger partial charge in [0.25, 0.3) is 0 Å². The summed E-state index contributed by atoms with van der Waals surface area (Å²) in [6.45, 7) is 3.07. The van der Waals surface area contributed by atoms with E-state index in [9.17, 15) is 0 Å². The fourth-order valence-electron chi connectivity index (χ4n) is 2.85. The van der Waals surface area contributed by atoms with Crippen LogP contribution in [0.25, 0.3) is 11.0 Å². The molecule has 0 saturated carbocycles. The highest BCUT2D eigenvalue weighted by Gasteiger charge is 2.14. The zero-order chi connectivity index (χ0) is 13.1. The van der Waals surface area contributed by atoms with E-state index in [2.05, 4.69) is 42.6 Å². The Morgan fingerprint density at radius 3 is 2.95 bits per heavy atom. The lowest BCUT2D eigenvalue weighted by atomic mass is 10.0. The minimum absolute atomic E-state index is 0.614. The molecular weight excluding hydrogens is 234 g/mol. The summed E-state index contributed by atoms with van der Waals surface area (Å²) in [5, 5.41) is 4.94. The van der Waals surface area contributed by atoms with Gasteiger partial charge in [-0.1, -0.05) is 37.3 Å². The number of allylic oxidation sites excluding steroid dienone is 1. The number of fused-ring (bicyclic) bond motifs is 1. The van der Waals surface area contributed by atoms with Gasteiger partial charge in [0.15, 0.2) is 0 Å². The van der Waals surface area contributed by atoms with Gasteiger partial charge in [-0.2, -0.15) is 0 Å². The first-order valence-corrected chi connectivity index (χ1v) is 7.26. The average molecular weight is 255 g/mol. The van der Waals surface area contributed by atoms with Crippen molar-refractivity contribution in [3.63, 3.8) is 0 Å². The molecule has 2 nitrogen and oxygen atoms in total. The van der Waals surface area contributed by atoms with Crippen LogP contribution in [-0.4, -0.2) is 6.04 Å². The first-order valence-electron chi connectivity index (χ1n) is 7.26. The van der Waals surface area contributed by atoms with Crippen LogP contribution in [0, 0.1) is 0 Å². The molecule has 3 rings (SSSR count). The smallest absolute Gasteiger partial charge is 0.134 e. The van der Waals surface area contributed by atoms with Crippen molar-refractivity contribution in [2.24, 2.45) is 0 Å². The topological polar surface area (TPSA) is 25.2 Å². The molecule has 1 unspecified atom stereocenters. The fraction of sp³-hybridized carbons (Fsp3) is 0.412. The second-order valence-electron chi connectivity index (χ2n) is 5.22. The predicted octanol–water partition coefficient (Wildman–Crippen LogP) is 4.19. The van der Waals surface area contributed by atoms with Gasteiger partial charge in [0.05, 0.1) is 0 Å². The third kappa shape index (κ3) is 2.59. The van der Waals surface area contributed by atoms with Gasteiger partial charge in [0.1, 0.15) is 11.3 Å². The van der Waals surface area contributed by atoms with Crippen molar-refractivity contribution in [2.75, 3.05) is 0 Å². The van der Waals surface area contributed by atoms with E-state index in [4.69, 9.17) is 4.42 Å². The Bertz CT molecular complexity index is 582. The van der Waals surface area contributed by atoms with Crippen molar-refractivity contribution in [3.05, 3.63) is 47.7 Å². The van der Waals surface area contributed by atoms with E-state index in [0.29, 0.717) is 6.04 Å². The lowest BCUT2D eigenvalue weighted by Crippen LogP contribution is -2.29. The summed E-state index contributed by atoms with van der Waals surface area (Å²) in [6.07, 6.45) is 9.12. The maximum absolute atomic E-state index is 5.93. The standard InChI is InChI=1S/C17H21NO/c1-2-16-15(12-18-13-8-4-3-5-9-13)14-10-6-7-11-17(14)19-16/h3-4,6-7,10-11,13,18H,2,5,8-9,12H2,1H3. The second-order valence-corrected chi connectivity index (χ2v) is 5.22. The summed E-state index contributed by atoms with van der Waals surface area (Å²) in [4.78, 5) is 0. The number of para-hydroxylation sites is 1. The minimum Gasteiger partial charge on any atom is -0.461 e. The molecule has 1 aromatic heterocycles. The van der Waals surface area contributed by atoms with Gasteiger partial charge in [-0.3, -0.25) is 0 Å². The van der Waals surface area contributed by atoms with Crippen LogP contribution in [-0.2, 0) is 13.0 Å². The minimum atomic E-state index is 0.614. The Labute approximate surface area is 114 Å². The molecule has 2 aromatic rings. The van der Waals surface area contributed by atoms with Crippen LogP contribution in [0.2, 0.25) is 0 Å². The van der Waals surface area contributed by atoms with Crippen LogP contribution in [0.3, 0.4) is 0 Å². The molecule has 1 aliphatic rings. The predicted molar refractivity (Wildman–Crippen MR) is 79.2 cm³/mol. The van der Waals surface area contributed by atoms with E-state index in [-0.39, 0.29) is 0 Å². The van der Waals surface area contributed by atoms with Gasteiger partial charge in [0, 0.05) is 30.0 Å². The lowest BCUT2D eigenvalue weighted by Gasteiger charge is -2.19. The Hall–Kier alpha value is -1.54. The quantitative estimate of drug-likeness (QED) is 0.829. The van der Waals surface area contributed by atoms with Crippen molar-refractivity contribution in [1.82, 2.24) is 5.32 Å². The first-order chi connectivity index (χ1) is 9.38. The monoisotopic (exact) mass is 255 g/mol. The highest BCUT2D eigenvalue weighted by molar-refractivity contribution is 5.82. The number of hydrogen-bond acceptors (Lipinski definition) is 2. The third-order valence-electron chi connectivity index (χ3n) is 3.94. The molecule has 0 amide bonds. The average Bonchev–Trinajstić information content (AvgIpc) is 2.84. The van der Waals surface area contributed by atoms with Crippen molar-refractivity contribution in [3.8, 4) is 0 Å². The lowest BCUT2D eigenvalue weighted by molar-refractivity contribution is 0.468. The molecule has 0 radical (unpaired) electrons. The fourth-order valence-corrected chi connectivity index (χ4v) is 2.85. The second kappa shape index (κ2) is 5.62. The van der Waals surface area contributed by atoms with Gasteiger partial charge in [-0.15, -0.1) is 0 Å². The van der Waals surface area contributed by atoms with Crippen LogP contribution < -0.4 is 5.32 Å². The number of hydrogen-bond donors (Lipinski definition) is 1. The van der Waals surface area contributed by atoms with Gasteiger partial charge in [-0.25, -0.2) is 0 Å².